The average Bonchev–Trinajstić information content (AvgIpc) is 2.95. The number of hydrogen-bond acceptors (Lipinski definition) is 5. The van der Waals surface area contributed by atoms with Gasteiger partial charge in [0.2, 0.25) is 5.82 Å². The third kappa shape index (κ3) is 2.65. The predicted octanol–water partition coefficient (Wildman–Crippen LogP) is 3.60. The number of methoxy groups -OCH3 is 1. The van der Waals surface area contributed by atoms with Crippen LogP contribution < -0.4 is 5.73 Å². The number of hydrogen-bond donors (Lipinski definition) is 1. The number of anilines is 1. The van der Waals surface area contributed by atoms with Crippen molar-refractivity contribution in [2.75, 3.05) is 12.8 Å². The van der Waals surface area contributed by atoms with Crippen LogP contribution in [0.1, 0.15) is 43.6 Å². The van der Waals surface area contributed by atoms with E-state index in [0.29, 0.717) is 17.4 Å². The molecule has 0 fully saturated rings. The van der Waals surface area contributed by atoms with Gasteiger partial charge < -0.3 is 15.0 Å². The maximum atomic E-state index is 6.14. The van der Waals surface area contributed by atoms with Crippen LogP contribution in [0, 0.1) is 13.8 Å². The first kappa shape index (κ1) is 15.5. The molecule has 0 saturated carbocycles. The van der Waals surface area contributed by atoms with Gasteiger partial charge in [0.05, 0.1) is 5.56 Å². The molecule has 0 amide bonds. The van der Waals surface area contributed by atoms with Gasteiger partial charge in [-0.05, 0) is 43.9 Å². The summed E-state index contributed by atoms with van der Waals surface area (Å²) in [7, 11) is 1.67. The van der Waals surface area contributed by atoms with Crippen molar-refractivity contribution in [1.29, 1.82) is 0 Å². The van der Waals surface area contributed by atoms with E-state index >= 15 is 0 Å². The van der Waals surface area contributed by atoms with E-state index in [1.54, 1.807) is 7.11 Å². The second-order valence-electron chi connectivity index (χ2n) is 5.37. The summed E-state index contributed by atoms with van der Waals surface area (Å²) in [5.74, 6) is 1.01. The summed E-state index contributed by atoms with van der Waals surface area (Å²) in [6, 6.07) is 4.00. The van der Waals surface area contributed by atoms with E-state index in [1.807, 2.05) is 39.8 Å². The number of nitrogens with zero attached hydrogens (tertiary/aromatic N) is 2. The van der Waals surface area contributed by atoms with Crippen LogP contribution >= 0.6 is 0 Å². The van der Waals surface area contributed by atoms with Crippen molar-refractivity contribution in [2.24, 2.45) is 0 Å². The van der Waals surface area contributed by atoms with Crippen molar-refractivity contribution >= 4 is 5.69 Å². The van der Waals surface area contributed by atoms with E-state index < -0.39 is 5.60 Å². The molecule has 5 heteroatoms. The molecular formula is C16H23N3O2. The van der Waals surface area contributed by atoms with Crippen LogP contribution in [0.2, 0.25) is 0 Å². The summed E-state index contributed by atoms with van der Waals surface area (Å²) < 4.78 is 11.1. The first-order valence-electron chi connectivity index (χ1n) is 7.23. The maximum absolute atomic E-state index is 6.14. The van der Waals surface area contributed by atoms with Gasteiger partial charge in [-0.25, -0.2) is 0 Å². The van der Waals surface area contributed by atoms with Gasteiger partial charge in [-0.2, -0.15) is 4.98 Å². The Morgan fingerprint density at radius 1 is 1.24 bits per heavy atom. The molecule has 2 aromatic rings. The van der Waals surface area contributed by atoms with Gasteiger partial charge in [-0.3, -0.25) is 0 Å². The first-order chi connectivity index (χ1) is 9.97. The van der Waals surface area contributed by atoms with Crippen molar-refractivity contribution < 1.29 is 9.26 Å². The summed E-state index contributed by atoms with van der Waals surface area (Å²) in [5, 5.41) is 4.11. The highest BCUT2D eigenvalue weighted by molar-refractivity contribution is 5.74. The number of nitrogens with two attached hydrogens (primary N) is 1. The molecule has 1 heterocycles. The van der Waals surface area contributed by atoms with Gasteiger partial charge in [0.25, 0.3) is 5.89 Å². The summed E-state index contributed by atoms with van der Waals surface area (Å²) in [6.07, 6.45) is 1.56. The standard InChI is InChI=1S/C16H23N3O2/c1-6-16(7-2,20-5)15-18-14(21-19-15)12-9-10(3)8-11(4)13(12)17/h8-9H,6-7,17H2,1-5H3. The molecule has 0 aliphatic carbocycles. The van der Waals surface area contributed by atoms with Gasteiger partial charge >= 0.3 is 0 Å². The van der Waals surface area contributed by atoms with Gasteiger partial charge in [-0.1, -0.05) is 25.1 Å². The molecule has 0 radical (unpaired) electrons. The van der Waals surface area contributed by atoms with Crippen LogP contribution in [0.3, 0.4) is 0 Å². The summed E-state index contributed by atoms with van der Waals surface area (Å²) >= 11 is 0. The minimum absolute atomic E-state index is 0.442. The lowest BCUT2D eigenvalue weighted by Crippen LogP contribution is -2.28. The summed E-state index contributed by atoms with van der Waals surface area (Å²) in [5.41, 5.74) is 9.21. The molecule has 21 heavy (non-hydrogen) atoms. The Labute approximate surface area is 125 Å². The molecule has 114 valence electrons. The third-order valence-corrected chi connectivity index (χ3v) is 4.13. The fraction of sp³-hybridized carbons (Fsp3) is 0.500. The molecule has 0 saturated heterocycles. The number of aromatic nitrogens is 2. The second kappa shape index (κ2) is 5.85. The Morgan fingerprint density at radius 2 is 1.90 bits per heavy atom. The zero-order chi connectivity index (χ0) is 15.6. The SMILES string of the molecule is CCC(CC)(OC)c1noc(-c2cc(C)cc(C)c2N)n1. The molecule has 0 atom stereocenters. The third-order valence-electron chi connectivity index (χ3n) is 4.13. The average molecular weight is 289 g/mol. The molecule has 0 bridgehead atoms. The molecule has 1 aromatic heterocycles. The first-order valence-corrected chi connectivity index (χ1v) is 7.23. The minimum Gasteiger partial charge on any atom is -0.398 e. The van der Waals surface area contributed by atoms with E-state index in [-0.39, 0.29) is 0 Å². The molecular weight excluding hydrogens is 266 g/mol. The van der Waals surface area contributed by atoms with Gasteiger partial charge in [0, 0.05) is 12.8 Å². The number of rotatable bonds is 5. The zero-order valence-electron chi connectivity index (χ0n) is 13.4. The molecule has 0 aliphatic rings. The van der Waals surface area contributed by atoms with Crippen molar-refractivity contribution in [1.82, 2.24) is 10.1 Å². The van der Waals surface area contributed by atoms with Crippen LogP contribution in [0.25, 0.3) is 11.5 Å². The summed E-state index contributed by atoms with van der Waals surface area (Å²) in [6.45, 7) is 8.09. The van der Waals surface area contributed by atoms with Crippen molar-refractivity contribution in [3.63, 3.8) is 0 Å². The summed E-state index contributed by atoms with van der Waals surface area (Å²) in [4.78, 5) is 4.53. The molecule has 0 unspecified atom stereocenters. The highest BCUT2D eigenvalue weighted by Crippen LogP contribution is 2.34. The van der Waals surface area contributed by atoms with Crippen molar-refractivity contribution in [3.05, 3.63) is 29.1 Å². The number of aryl methyl sites for hydroxylation is 2. The van der Waals surface area contributed by atoms with Crippen LogP contribution in [0.5, 0.6) is 0 Å². The van der Waals surface area contributed by atoms with Crippen LogP contribution in [0.15, 0.2) is 16.7 Å². The number of benzene rings is 1. The molecule has 2 N–H and O–H groups in total. The normalized spacial score (nSPS) is 11.9. The Morgan fingerprint density at radius 3 is 2.48 bits per heavy atom. The highest BCUT2D eigenvalue weighted by atomic mass is 16.5. The molecule has 0 spiro atoms. The van der Waals surface area contributed by atoms with E-state index in [2.05, 4.69) is 10.1 Å². The fourth-order valence-electron chi connectivity index (χ4n) is 2.62. The Balaban J connectivity index is 2.50. The number of ether oxygens (including phenoxy) is 1. The lowest BCUT2D eigenvalue weighted by molar-refractivity contribution is -0.0306. The van der Waals surface area contributed by atoms with E-state index in [9.17, 15) is 0 Å². The Bertz CT molecular complexity index is 622. The van der Waals surface area contributed by atoms with Crippen LogP contribution in [0.4, 0.5) is 5.69 Å². The quantitative estimate of drug-likeness (QED) is 0.851. The molecule has 2 rings (SSSR count). The molecule has 5 nitrogen and oxygen atoms in total. The van der Waals surface area contributed by atoms with Crippen LogP contribution in [-0.2, 0) is 10.3 Å². The predicted molar refractivity (Wildman–Crippen MR) is 82.9 cm³/mol. The Kier molecular flexibility index (Phi) is 4.32. The highest BCUT2D eigenvalue weighted by Gasteiger charge is 2.34. The topological polar surface area (TPSA) is 74.2 Å². The Hall–Kier alpha value is -1.88. The fourth-order valence-corrected chi connectivity index (χ4v) is 2.62. The van der Waals surface area contributed by atoms with E-state index in [4.69, 9.17) is 15.0 Å². The lowest BCUT2D eigenvalue weighted by atomic mass is 9.96. The van der Waals surface area contributed by atoms with Crippen LogP contribution in [-0.4, -0.2) is 17.3 Å². The van der Waals surface area contributed by atoms with Crippen molar-refractivity contribution in [2.45, 2.75) is 46.1 Å². The van der Waals surface area contributed by atoms with E-state index in [1.165, 1.54) is 0 Å². The van der Waals surface area contributed by atoms with Gasteiger partial charge in [0.1, 0.15) is 5.60 Å². The minimum atomic E-state index is -0.505. The molecule has 1 aromatic carbocycles. The van der Waals surface area contributed by atoms with Gasteiger partial charge in [0.15, 0.2) is 0 Å². The number of nitrogen functional groups attached to an aromatic ring is 1. The largest absolute Gasteiger partial charge is 0.398 e. The van der Waals surface area contributed by atoms with E-state index in [0.717, 1.165) is 29.5 Å². The molecule has 0 aliphatic heterocycles. The van der Waals surface area contributed by atoms with Gasteiger partial charge in [-0.15, -0.1) is 0 Å². The monoisotopic (exact) mass is 289 g/mol. The van der Waals surface area contributed by atoms with Crippen molar-refractivity contribution in [3.8, 4) is 11.5 Å². The lowest BCUT2D eigenvalue weighted by Gasteiger charge is -2.25. The zero-order valence-corrected chi connectivity index (χ0v) is 13.4. The smallest absolute Gasteiger partial charge is 0.260 e. The maximum Gasteiger partial charge on any atom is 0.260 e. The second-order valence-corrected chi connectivity index (χ2v) is 5.37.